The maximum atomic E-state index is 15.5. The topological polar surface area (TPSA) is 110 Å². The predicted octanol–water partition coefficient (Wildman–Crippen LogP) is 5.05. The van der Waals surface area contributed by atoms with Gasteiger partial charge in [-0.1, -0.05) is 12.1 Å². The first kappa shape index (κ1) is 32.0. The number of carbonyl (C=O) groups excluding carboxylic acids is 2. The van der Waals surface area contributed by atoms with Crippen LogP contribution < -0.4 is 10.0 Å². The highest BCUT2D eigenvalue weighted by atomic mass is 32.2. The Morgan fingerprint density at radius 3 is 2.36 bits per heavy atom. The molecular formula is C28H29F7N4O4S. The zero-order valence-electron chi connectivity index (χ0n) is 23.2. The van der Waals surface area contributed by atoms with E-state index in [4.69, 9.17) is 0 Å². The molecule has 2 aliphatic carbocycles. The van der Waals surface area contributed by atoms with Crippen LogP contribution in [0.4, 0.5) is 30.7 Å². The van der Waals surface area contributed by atoms with Crippen molar-refractivity contribution in [1.29, 1.82) is 0 Å². The number of aromatic nitrogens is 2. The van der Waals surface area contributed by atoms with Crippen LogP contribution >= 0.6 is 0 Å². The number of hydrogen-bond acceptors (Lipinski definition) is 5. The van der Waals surface area contributed by atoms with Crippen LogP contribution in [0.15, 0.2) is 36.0 Å². The van der Waals surface area contributed by atoms with E-state index in [1.54, 1.807) is 10.0 Å². The van der Waals surface area contributed by atoms with Crippen molar-refractivity contribution in [2.45, 2.75) is 87.5 Å². The van der Waals surface area contributed by atoms with Crippen LogP contribution in [0.25, 0.3) is 5.57 Å². The third-order valence-corrected chi connectivity index (χ3v) is 9.79. The fourth-order valence-electron chi connectivity index (χ4n) is 5.28. The zero-order valence-corrected chi connectivity index (χ0v) is 24.0. The maximum absolute atomic E-state index is 15.5. The highest BCUT2D eigenvalue weighted by Gasteiger charge is 2.61. The molecule has 1 aromatic heterocycles. The summed E-state index contributed by atoms with van der Waals surface area (Å²) in [7, 11) is -4.19. The Morgan fingerprint density at radius 2 is 1.77 bits per heavy atom. The van der Waals surface area contributed by atoms with Gasteiger partial charge in [0.15, 0.2) is 5.54 Å². The molecule has 1 aromatic carbocycles. The van der Waals surface area contributed by atoms with Crippen LogP contribution in [-0.2, 0) is 38.1 Å². The third-order valence-electron chi connectivity index (χ3n) is 7.97. The average Bonchev–Trinajstić information content (AvgIpc) is 3.83. The van der Waals surface area contributed by atoms with Gasteiger partial charge in [0, 0.05) is 36.7 Å². The molecule has 2 heterocycles. The molecule has 0 bridgehead atoms. The first-order valence-electron chi connectivity index (χ1n) is 14.1. The third kappa shape index (κ3) is 6.94. The van der Waals surface area contributed by atoms with Gasteiger partial charge in [-0.15, -0.1) is 0 Å². The van der Waals surface area contributed by atoms with E-state index in [0.717, 1.165) is 31.0 Å². The Bertz CT molecular complexity index is 1590. The number of amides is 2. The van der Waals surface area contributed by atoms with Crippen molar-refractivity contribution in [3.63, 3.8) is 0 Å². The molecule has 2 amide bonds. The smallest absolute Gasteiger partial charge is 0.334 e. The van der Waals surface area contributed by atoms with Gasteiger partial charge in [0.2, 0.25) is 10.0 Å². The summed E-state index contributed by atoms with van der Waals surface area (Å²) in [4.78, 5) is 26.5. The van der Waals surface area contributed by atoms with Crippen molar-refractivity contribution in [3.05, 3.63) is 58.7 Å². The predicted molar refractivity (Wildman–Crippen MR) is 142 cm³/mol. The van der Waals surface area contributed by atoms with Crippen molar-refractivity contribution in [3.8, 4) is 0 Å². The first-order valence-corrected chi connectivity index (χ1v) is 15.6. The van der Waals surface area contributed by atoms with Crippen molar-refractivity contribution in [2.75, 3.05) is 0 Å². The van der Waals surface area contributed by atoms with E-state index in [0.29, 0.717) is 12.5 Å². The minimum atomic E-state index is -5.32. The summed E-state index contributed by atoms with van der Waals surface area (Å²) in [6.45, 7) is 0.445. The van der Waals surface area contributed by atoms with Crippen LogP contribution in [-0.4, -0.2) is 47.6 Å². The second kappa shape index (κ2) is 11.5. The van der Waals surface area contributed by atoms with Gasteiger partial charge in [0.25, 0.3) is 11.8 Å². The summed E-state index contributed by atoms with van der Waals surface area (Å²) in [5.74, 6) is -4.04. The van der Waals surface area contributed by atoms with Crippen LogP contribution in [0.5, 0.6) is 0 Å². The number of nitrogens with one attached hydrogen (secondary N) is 2. The molecular weight excluding hydrogens is 621 g/mol. The summed E-state index contributed by atoms with van der Waals surface area (Å²) in [5.41, 5.74) is -5.76. The lowest BCUT2D eigenvalue weighted by Crippen LogP contribution is -2.60. The second-order valence-corrected chi connectivity index (χ2v) is 13.5. The zero-order chi connectivity index (χ0) is 32.1. The summed E-state index contributed by atoms with van der Waals surface area (Å²) in [5, 5.41) is 5.15. The molecule has 0 spiro atoms. The highest BCUT2D eigenvalue weighted by molar-refractivity contribution is 7.91. The standard InChI is InChI=1S/C28H29F7N4O4S/c29-21-13-16(3-1-2-11-27(30,31)32)6-9-20(21)26(28(33,34)35)14-19(22-10-12-39(37-22)15-17-4-5-17)23(24(40)36-26)25(41)38-44(42,43)18-7-8-18/h6,9-10,12-13,17-18H,1-5,7-8,11,14-15H2,(H,36,40)(H,38,41). The van der Waals surface area contributed by atoms with Crippen LogP contribution in [0.3, 0.4) is 0 Å². The maximum Gasteiger partial charge on any atom is 0.416 e. The molecule has 0 saturated heterocycles. The quantitative estimate of drug-likeness (QED) is 0.201. The minimum Gasteiger partial charge on any atom is -0.334 e. The molecule has 240 valence electrons. The summed E-state index contributed by atoms with van der Waals surface area (Å²) < 4.78 is 126. The molecule has 16 heteroatoms. The number of hydrogen-bond donors (Lipinski definition) is 2. The lowest BCUT2D eigenvalue weighted by molar-refractivity contribution is -0.202. The van der Waals surface area contributed by atoms with Gasteiger partial charge in [0.1, 0.15) is 11.4 Å². The van der Waals surface area contributed by atoms with Crippen LogP contribution in [0.2, 0.25) is 0 Å². The Labute approximate surface area is 248 Å². The number of aryl methyl sites for hydroxylation is 1. The van der Waals surface area contributed by atoms with Crippen molar-refractivity contribution in [2.24, 2.45) is 5.92 Å². The minimum absolute atomic E-state index is 0.0120. The fourth-order valence-corrected chi connectivity index (χ4v) is 6.57. The molecule has 1 unspecified atom stereocenters. The molecule has 2 saturated carbocycles. The molecule has 3 aliphatic rings. The second-order valence-electron chi connectivity index (χ2n) is 11.6. The number of benzene rings is 1. The van der Waals surface area contributed by atoms with Gasteiger partial charge in [-0.05, 0) is 68.6 Å². The molecule has 0 radical (unpaired) electrons. The van der Waals surface area contributed by atoms with Crippen molar-refractivity contribution < 1.29 is 48.7 Å². The monoisotopic (exact) mass is 650 g/mol. The molecule has 2 fully saturated rings. The molecule has 5 rings (SSSR count). The number of alkyl halides is 6. The number of nitrogens with zero attached hydrogens (tertiary/aromatic N) is 2. The first-order chi connectivity index (χ1) is 20.5. The number of halogens is 7. The number of unbranched alkanes of at least 4 members (excludes halogenated alkanes) is 1. The molecule has 8 nitrogen and oxygen atoms in total. The number of rotatable bonds is 11. The Hall–Kier alpha value is -3.43. The lowest BCUT2D eigenvalue weighted by atomic mass is 9.77. The van der Waals surface area contributed by atoms with E-state index in [9.17, 15) is 44.3 Å². The van der Waals surface area contributed by atoms with Gasteiger partial charge in [0.05, 0.1) is 10.9 Å². The Morgan fingerprint density at radius 1 is 1.07 bits per heavy atom. The van der Waals surface area contributed by atoms with Gasteiger partial charge >= 0.3 is 12.4 Å². The van der Waals surface area contributed by atoms with E-state index < -0.39 is 80.3 Å². The van der Waals surface area contributed by atoms with E-state index in [2.05, 4.69) is 5.10 Å². The van der Waals surface area contributed by atoms with Gasteiger partial charge in [-0.25, -0.2) is 17.5 Å². The fraction of sp³-hybridized carbons (Fsp3) is 0.536. The summed E-state index contributed by atoms with van der Waals surface area (Å²) in [6, 6.07) is 4.04. The summed E-state index contributed by atoms with van der Waals surface area (Å²) >= 11 is 0. The van der Waals surface area contributed by atoms with Gasteiger partial charge in [-0.2, -0.15) is 31.4 Å². The molecule has 44 heavy (non-hydrogen) atoms. The molecule has 2 N–H and O–H groups in total. The van der Waals surface area contributed by atoms with Crippen molar-refractivity contribution >= 4 is 27.4 Å². The lowest BCUT2D eigenvalue weighted by Gasteiger charge is -2.41. The van der Waals surface area contributed by atoms with E-state index >= 15 is 4.39 Å². The number of carbonyl (C=O) groups is 2. The summed E-state index contributed by atoms with van der Waals surface area (Å²) in [6.07, 6.45) is -8.31. The highest BCUT2D eigenvalue weighted by Crippen LogP contribution is 2.49. The Balaban J connectivity index is 1.52. The van der Waals surface area contributed by atoms with E-state index in [-0.39, 0.29) is 43.4 Å². The van der Waals surface area contributed by atoms with Crippen molar-refractivity contribution in [1.82, 2.24) is 19.8 Å². The molecule has 2 aromatic rings. The SMILES string of the molecule is O=C1NC(c2ccc(CCCCC(F)(F)F)cc2F)(C(F)(F)F)CC(c2ccn(CC3CC3)n2)=C1C(=O)NS(=O)(=O)C1CC1. The molecule has 1 aliphatic heterocycles. The van der Waals surface area contributed by atoms with Crippen LogP contribution in [0, 0.1) is 11.7 Å². The van der Waals surface area contributed by atoms with E-state index in [1.807, 2.05) is 0 Å². The van der Waals surface area contributed by atoms with Gasteiger partial charge < -0.3 is 5.32 Å². The normalized spacial score (nSPS) is 21.4. The van der Waals surface area contributed by atoms with Crippen LogP contribution in [0.1, 0.15) is 68.2 Å². The number of sulfonamides is 1. The largest absolute Gasteiger partial charge is 0.416 e. The average molecular weight is 651 g/mol. The Kier molecular flexibility index (Phi) is 8.35. The van der Waals surface area contributed by atoms with Gasteiger partial charge in [-0.3, -0.25) is 14.3 Å². The molecule has 1 atom stereocenters. The van der Waals surface area contributed by atoms with E-state index in [1.165, 1.54) is 16.9 Å².